The smallest absolute Gasteiger partial charge is 0.233 e. The Morgan fingerprint density at radius 2 is 2.11 bits per heavy atom. The molecule has 5 heteroatoms. The lowest BCUT2D eigenvalue weighted by molar-refractivity contribution is -0.128. The molecule has 0 radical (unpaired) electrons. The fourth-order valence-electron chi connectivity index (χ4n) is 2.88. The van der Waals surface area contributed by atoms with E-state index in [1.807, 2.05) is 13.8 Å². The van der Waals surface area contributed by atoms with Gasteiger partial charge in [-0.25, -0.2) is 0 Å². The third-order valence-electron chi connectivity index (χ3n) is 4.39. The molecule has 1 rings (SSSR count). The summed E-state index contributed by atoms with van der Waals surface area (Å²) in [6.07, 6.45) is 3.71. The largest absolute Gasteiger partial charge is 0.392 e. The summed E-state index contributed by atoms with van der Waals surface area (Å²) in [7, 11) is 2.13. The van der Waals surface area contributed by atoms with Crippen LogP contribution in [0, 0.1) is 11.3 Å². The highest BCUT2D eigenvalue weighted by atomic mass is 32.1. The van der Waals surface area contributed by atoms with Crippen molar-refractivity contribution < 1.29 is 4.79 Å². The van der Waals surface area contributed by atoms with Gasteiger partial charge >= 0.3 is 0 Å². The molecular formula is C14H27N3OS. The number of hydrogen-bond donors (Lipinski definition) is 2. The van der Waals surface area contributed by atoms with Crippen molar-refractivity contribution >= 4 is 23.1 Å². The van der Waals surface area contributed by atoms with Crippen molar-refractivity contribution in [2.45, 2.75) is 39.5 Å². The summed E-state index contributed by atoms with van der Waals surface area (Å²) >= 11 is 5.10. The zero-order valence-electron chi connectivity index (χ0n) is 12.4. The molecule has 19 heavy (non-hydrogen) atoms. The van der Waals surface area contributed by atoms with Crippen molar-refractivity contribution in [3.05, 3.63) is 0 Å². The topological polar surface area (TPSA) is 58.4 Å². The number of rotatable bonds is 6. The second-order valence-corrected chi connectivity index (χ2v) is 6.07. The van der Waals surface area contributed by atoms with Crippen LogP contribution < -0.4 is 11.1 Å². The Bertz CT molecular complexity index is 329. The average Bonchev–Trinajstić information content (AvgIpc) is 2.38. The summed E-state index contributed by atoms with van der Waals surface area (Å²) in [5.74, 6) is 0.540. The number of amides is 1. The number of nitrogens with one attached hydrogen (secondary N) is 1. The minimum absolute atomic E-state index is 0.00164. The summed E-state index contributed by atoms with van der Waals surface area (Å²) in [6, 6.07) is 0. The molecule has 1 amide bonds. The summed E-state index contributed by atoms with van der Waals surface area (Å²) in [6.45, 7) is 6.88. The van der Waals surface area contributed by atoms with Crippen molar-refractivity contribution in [3.8, 4) is 0 Å². The number of thiocarbonyl (C=S) groups is 1. The number of carbonyl (C=O) groups excluding carboxylic acids is 1. The molecule has 1 fully saturated rings. The molecule has 3 N–H and O–H groups in total. The zero-order chi connectivity index (χ0) is 14.5. The fourth-order valence-corrected chi connectivity index (χ4v) is 3.26. The average molecular weight is 285 g/mol. The molecule has 0 spiro atoms. The van der Waals surface area contributed by atoms with Crippen molar-refractivity contribution in [3.63, 3.8) is 0 Å². The van der Waals surface area contributed by atoms with E-state index in [-0.39, 0.29) is 5.91 Å². The molecular weight excluding hydrogens is 258 g/mol. The van der Waals surface area contributed by atoms with Gasteiger partial charge in [0.05, 0.1) is 10.4 Å². The lowest BCUT2D eigenvalue weighted by Gasteiger charge is -2.32. The van der Waals surface area contributed by atoms with Crippen LogP contribution in [0.5, 0.6) is 0 Å². The predicted octanol–water partition coefficient (Wildman–Crippen LogP) is 1.54. The SMILES string of the molecule is CCC(CC)(C(=O)NCC1CCCN(C)C1)C(N)=S. The van der Waals surface area contributed by atoms with Crippen molar-refractivity contribution in [1.82, 2.24) is 10.2 Å². The van der Waals surface area contributed by atoms with Gasteiger partial charge in [-0.05, 0) is 45.2 Å². The van der Waals surface area contributed by atoms with Gasteiger partial charge in [0.1, 0.15) is 0 Å². The van der Waals surface area contributed by atoms with Crippen molar-refractivity contribution in [2.75, 3.05) is 26.7 Å². The van der Waals surface area contributed by atoms with E-state index < -0.39 is 5.41 Å². The number of carbonyl (C=O) groups is 1. The van der Waals surface area contributed by atoms with Crippen LogP contribution in [0.25, 0.3) is 0 Å². The van der Waals surface area contributed by atoms with Crippen LogP contribution in [0.4, 0.5) is 0 Å². The molecule has 1 heterocycles. The maximum Gasteiger partial charge on any atom is 0.233 e. The Kier molecular flexibility index (Phi) is 6.20. The lowest BCUT2D eigenvalue weighted by atomic mass is 9.81. The number of hydrogen-bond acceptors (Lipinski definition) is 3. The van der Waals surface area contributed by atoms with E-state index in [2.05, 4.69) is 17.3 Å². The summed E-state index contributed by atoms with van der Waals surface area (Å²) in [4.78, 5) is 15.0. The van der Waals surface area contributed by atoms with Crippen LogP contribution in [0.3, 0.4) is 0 Å². The van der Waals surface area contributed by atoms with E-state index in [1.165, 1.54) is 12.8 Å². The van der Waals surface area contributed by atoms with Crippen LogP contribution in [0.1, 0.15) is 39.5 Å². The summed E-state index contributed by atoms with van der Waals surface area (Å²) < 4.78 is 0. The van der Waals surface area contributed by atoms with E-state index in [4.69, 9.17) is 18.0 Å². The normalized spacial score (nSPS) is 21.1. The van der Waals surface area contributed by atoms with E-state index in [1.54, 1.807) is 0 Å². The molecule has 1 saturated heterocycles. The van der Waals surface area contributed by atoms with Crippen LogP contribution in [-0.2, 0) is 4.79 Å². The Morgan fingerprint density at radius 3 is 2.58 bits per heavy atom. The minimum atomic E-state index is -0.671. The molecule has 0 aromatic rings. The van der Waals surface area contributed by atoms with Crippen LogP contribution >= 0.6 is 12.2 Å². The van der Waals surface area contributed by atoms with Gasteiger partial charge < -0.3 is 16.0 Å². The first-order chi connectivity index (χ1) is 8.96. The Labute approximate surface area is 122 Å². The van der Waals surface area contributed by atoms with Gasteiger partial charge in [-0.15, -0.1) is 0 Å². The van der Waals surface area contributed by atoms with Gasteiger partial charge in [0, 0.05) is 13.1 Å². The molecule has 4 nitrogen and oxygen atoms in total. The summed E-state index contributed by atoms with van der Waals surface area (Å²) in [5.41, 5.74) is 5.12. The van der Waals surface area contributed by atoms with Crippen molar-refractivity contribution in [2.24, 2.45) is 17.1 Å². The molecule has 1 aliphatic heterocycles. The quantitative estimate of drug-likeness (QED) is 0.727. The second kappa shape index (κ2) is 7.20. The van der Waals surface area contributed by atoms with Crippen LogP contribution in [0.2, 0.25) is 0 Å². The Hall–Kier alpha value is -0.680. The summed E-state index contributed by atoms with van der Waals surface area (Å²) in [5, 5.41) is 3.06. The van der Waals surface area contributed by atoms with Crippen LogP contribution in [-0.4, -0.2) is 42.5 Å². The highest BCUT2D eigenvalue weighted by Crippen LogP contribution is 2.27. The molecule has 0 bridgehead atoms. The van der Waals surface area contributed by atoms with E-state index in [0.29, 0.717) is 23.7 Å². The van der Waals surface area contributed by atoms with Gasteiger partial charge in [0.25, 0.3) is 0 Å². The first-order valence-electron chi connectivity index (χ1n) is 7.23. The number of likely N-dealkylation sites (tertiary alicyclic amines) is 1. The van der Waals surface area contributed by atoms with Gasteiger partial charge in [-0.1, -0.05) is 26.1 Å². The van der Waals surface area contributed by atoms with Gasteiger partial charge in [0.2, 0.25) is 5.91 Å². The molecule has 0 aromatic carbocycles. The Balaban J connectivity index is 2.55. The third-order valence-corrected chi connectivity index (χ3v) is 4.78. The Morgan fingerprint density at radius 1 is 1.47 bits per heavy atom. The zero-order valence-corrected chi connectivity index (χ0v) is 13.2. The third kappa shape index (κ3) is 3.89. The first kappa shape index (κ1) is 16.4. The first-order valence-corrected chi connectivity index (χ1v) is 7.63. The maximum atomic E-state index is 12.4. The number of nitrogens with zero attached hydrogens (tertiary/aromatic N) is 1. The number of nitrogens with two attached hydrogens (primary N) is 1. The minimum Gasteiger partial charge on any atom is -0.392 e. The van der Waals surface area contributed by atoms with Gasteiger partial charge in [-0.3, -0.25) is 4.79 Å². The highest BCUT2D eigenvalue weighted by Gasteiger charge is 2.38. The molecule has 1 aliphatic rings. The lowest BCUT2D eigenvalue weighted by Crippen LogP contribution is -2.50. The second-order valence-electron chi connectivity index (χ2n) is 5.63. The highest BCUT2D eigenvalue weighted by molar-refractivity contribution is 7.80. The van der Waals surface area contributed by atoms with E-state index >= 15 is 0 Å². The van der Waals surface area contributed by atoms with Crippen molar-refractivity contribution in [1.29, 1.82) is 0 Å². The van der Waals surface area contributed by atoms with Gasteiger partial charge in [0.15, 0.2) is 0 Å². The molecule has 1 unspecified atom stereocenters. The molecule has 1 atom stereocenters. The molecule has 0 saturated carbocycles. The van der Waals surface area contributed by atoms with E-state index in [9.17, 15) is 4.79 Å². The standard InChI is InChI=1S/C14H27N3OS/c1-4-14(5-2,12(15)19)13(18)16-9-11-7-6-8-17(3)10-11/h11H,4-10H2,1-3H3,(H2,15,19)(H,16,18). The maximum absolute atomic E-state index is 12.4. The monoisotopic (exact) mass is 285 g/mol. The molecule has 110 valence electrons. The molecule has 0 aliphatic carbocycles. The van der Waals surface area contributed by atoms with Gasteiger partial charge in [-0.2, -0.15) is 0 Å². The molecule has 0 aromatic heterocycles. The fraction of sp³-hybridized carbons (Fsp3) is 0.857. The van der Waals surface area contributed by atoms with E-state index in [0.717, 1.165) is 19.6 Å². The number of piperidine rings is 1. The van der Waals surface area contributed by atoms with Crippen LogP contribution in [0.15, 0.2) is 0 Å². The predicted molar refractivity (Wildman–Crippen MR) is 83.0 cm³/mol.